The van der Waals surface area contributed by atoms with Crippen molar-refractivity contribution in [1.82, 2.24) is 25.2 Å². The van der Waals surface area contributed by atoms with Gasteiger partial charge in [-0.2, -0.15) is 0 Å². The molecule has 1 aliphatic heterocycles. The first-order valence-corrected chi connectivity index (χ1v) is 8.76. The highest BCUT2D eigenvalue weighted by atomic mass is 32.1. The number of carbonyl (C=O) groups is 2. The molecule has 0 radical (unpaired) electrons. The van der Waals surface area contributed by atoms with Gasteiger partial charge in [-0.25, -0.2) is 15.0 Å². The highest BCUT2D eigenvalue weighted by Gasteiger charge is 2.26. The van der Waals surface area contributed by atoms with Crippen LogP contribution >= 0.6 is 11.3 Å². The van der Waals surface area contributed by atoms with E-state index < -0.39 is 0 Å². The summed E-state index contributed by atoms with van der Waals surface area (Å²) in [4.78, 5) is 38.3. The maximum absolute atomic E-state index is 12.3. The van der Waals surface area contributed by atoms with Crippen LogP contribution in [0.5, 0.6) is 0 Å². The molecule has 0 spiro atoms. The SMILES string of the molecule is CC(=O)N1CCC[C@@H](C(=O)NCc2csc(-c3ncccn3)n2)C1. The van der Waals surface area contributed by atoms with E-state index >= 15 is 0 Å². The third-order valence-corrected chi connectivity index (χ3v) is 4.88. The van der Waals surface area contributed by atoms with Gasteiger partial charge in [0.05, 0.1) is 18.2 Å². The van der Waals surface area contributed by atoms with Gasteiger partial charge in [0, 0.05) is 37.8 Å². The molecule has 2 aromatic rings. The van der Waals surface area contributed by atoms with Gasteiger partial charge >= 0.3 is 0 Å². The third kappa shape index (κ3) is 3.94. The fourth-order valence-electron chi connectivity index (χ4n) is 2.70. The van der Waals surface area contributed by atoms with E-state index in [4.69, 9.17) is 0 Å². The van der Waals surface area contributed by atoms with E-state index in [1.165, 1.54) is 11.3 Å². The third-order valence-electron chi connectivity index (χ3n) is 3.99. The molecule has 0 aliphatic carbocycles. The quantitative estimate of drug-likeness (QED) is 0.907. The molecule has 7 nitrogen and oxygen atoms in total. The first kappa shape index (κ1) is 16.5. The van der Waals surface area contributed by atoms with E-state index in [1.54, 1.807) is 30.3 Å². The summed E-state index contributed by atoms with van der Waals surface area (Å²) in [5.41, 5.74) is 0.787. The number of carbonyl (C=O) groups excluding carboxylic acids is 2. The highest BCUT2D eigenvalue weighted by Crippen LogP contribution is 2.20. The molecular weight excluding hydrogens is 326 g/mol. The Bertz CT molecular complexity index is 718. The zero-order valence-corrected chi connectivity index (χ0v) is 14.3. The van der Waals surface area contributed by atoms with Gasteiger partial charge in [-0.15, -0.1) is 11.3 Å². The van der Waals surface area contributed by atoms with Gasteiger partial charge in [-0.1, -0.05) is 0 Å². The Morgan fingerprint density at radius 2 is 2.17 bits per heavy atom. The van der Waals surface area contributed by atoms with E-state index in [9.17, 15) is 9.59 Å². The lowest BCUT2D eigenvalue weighted by molar-refractivity contribution is -0.134. The molecule has 2 aromatic heterocycles. The van der Waals surface area contributed by atoms with Crippen molar-refractivity contribution >= 4 is 23.2 Å². The Morgan fingerprint density at radius 1 is 1.38 bits per heavy atom. The van der Waals surface area contributed by atoms with Crippen molar-refractivity contribution in [2.24, 2.45) is 5.92 Å². The summed E-state index contributed by atoms with van der Waals surface area (Å²) >= 11 is 1.45. The molecule has 1 fully saturated rings. The second-order valence-electron chi connectivity index (χ2n) is 5.74. The van der Waals surface area contributed by atoms with Crippen LogP contribution in [0.4, 0.5) is 0 Å². The van der Waals surface area contributed by atoms with Crippen LogP contribution < -0.4 is 5.32 Å². The highest BCUT2D eigenvalue weighted by molar-refractivity contribution is 7.13. The largest absolute Gasteiger partial charge is 0.350 e. The number of likely N-dealkylation sites (tertiary alicyclic amines) is 1. The summed E-state index contributed by atoms with van der Waals surface area (Å²) < 4.78 is 0. The van der Waals surface area contributed by atoms with E-state index in [0.717, 1.165) is 30.1 Å². The number of rotatable bonds is 4. The topological polar surface area (TPSA) is 88.1 Å². The summed E-state index contributed by atoms with van der Waals surface area (Å²) in [6.45, 7) is 3.16. The molecule has 1 N–H and O–H groups in total. The minimum atomic E-state index is -0.141. The lowest BCUT2D eigenvalue weighted by Crippen LogP contribution is -2.44. The summed E-state index contributed by atoms with van der Waals surface area (Å²) in [5, 5.41) is 5.55. The second-order valence-corrected chi connectivity index (χ2v) is 6.60. The van der Waals surface area contributed by atoms with E-state index in [1.807, 2.05) is 5.38 Å². The number of amides is 2. The number of thiazole rings is 1. The van der Waals surface area contributed by atoms with Crippen molar-refractivity contribution in [1.29, 1.82) is 0 Å². The van der Waals surface area contributed by atoms with Gasteiger partial charge in [-0.05, 0) is 18.9 Å². The summed E-state index contributed by atoms with van der Waals surface area (Å²) in [7, 11) is 0. The Morgan fingerprint density at radius 3 is 2.92 bits per heavy atom. The van der Waals surface area contributed by atoms with Crippen molar-refractivity contribution in [3.8, 4) is 10.8 Å². The van der Waals surface area contributed by atoms with Crippen LogP contribution in [0.1, 0.15) is 25.5 Å². The van der Waals surface area contributed by atoms with Crippen molar-refractivity contribution in [3.63, 3.8) is 0 Å². The molecule has 0 saturated carbocycles. The zero-order chi connectivity index (χ0) is 16.9. The van der Waals surface area contributed by atoms with Crippen LogP contribution in [0.25, 0.3) is 10.8 Å². The molecule has 24 heavy (non-hydrogen) atoms. The number of nitrogens with one attached hydrogen (secondary N) is 1. The first-order chi connectivity index (χ1) is 11.6. The van der Waals surface area contributed by atoms with Crippen LogP contribution in [0, 0.1) is 5.92 Å². The van der Waals surface area contributed by atoms with Crippen molar-refractivity contribution < 1.29 is 9.59 Å². The Kier molecular flexibility index (Phi) is 5.14. The van der Waals surface area contributed by atoms with Gasteiger partial charge in [0.2, 0.25) is 11.8 Å². The van der Waals surface area contributed by atoms with Gasteiger partial charge in [0.15, 0.2) is 10.8 Å². The predicted molar refractivity (Wildman–Crippen MR) is 90.0 cm³/mol. The summed E-state index contributed by atoms with van der Waals surface area (Å²) in [6.07, 6.45) is 5.03. The molecule has 8 heteroatoms. The van der Waals surface area contributed by atoms with Gasteiger partial charge in [-0.3, -0.25) is 9.59 Å². The lowest BCUT2D eigenvalue weighted by atomic mass is 9.97. The normalized spacial score (nSPS) is 17.5. The molecule has 0 bridgehead atoms. The van der Waals surface area contributed by atoms with Gasteiger partial charge < -0.3 is 10.2 Å². The Labute approximate surface area is 144 Å². The second kappa shape index (κ2) is 7.48. The number of hydrogen-bond donors (Lipinski definition) is 1. The average molecular weight is 345 g/mol. The van der Waals surface area contributed by atoms with Crippen LogP contribution in [0.2, 0.25) is 0 Å². The molecule has 0 aromatic carbocycles. The van der Waals surface area contributed by atoms with Crippen LogP contribution in [-0.2, 0) is 16.1 Å². The average Bonchev–Trinajstić information content (AvgIpc) is 3.09. The smallest absolute Gasteiger partial charge is 0.225 e. The maximum Gasteiger partial charge on any atom is 0.225 e. The number of nitrogens with zero attached hydrogens (tertiary/aromatic N) is 4. The molecule has 3 rings (SSSR count). The first-order valence-electron chi connectivity index (χ1n) is 7.88. The predicted octanol–water partition coefficient (Wildman–Crippen LogP) is 1.47. The summed E-state index contributed by atoms with van der Waals surface area (Å²) in [6, 6.07) is 1.76. The van der Waals surface area contributed by atoms with Crippen LogP contribution in [0.3, 0.4) is 0 Å². The Balaban J connectivity index is 1.55. The lowest BCUT2D eigenvalue weighted by Gasteiger charge is -2.31. The maximum atomic E-state index is 12.3. The van der Waals surface area contributed by atoms with Crippen LogP contribution in [-0.4, -0.2) is 44.8 Å². The van der Waals surface area contributed by atoms with Crippen LogP contribution in [0.15, 0.2) is 23.8 Å². The number of piperidine rings is 1. The van der Waals surface area contributed by atoms with Crippen molar-refractivity contribution in [2.45, 2.75) is 26.3 Å². The van der Waals surface area contributed by atoms with Crippen molar-refractivity contribution in [2.75, 3.05) is 13.1 Å². The molecule has 1 saturated heterocycles. The summed E-state index contributed by atoms with van der Waals surface area (Å²) in [5.74, 6) is 0.452. The van der Waals surface area contributed by atoms with E-state index in [0.29, 0.717) is 18.9 Å². The van der Waals surface area contributed by atoms with Crippen molar-refractivity contribution in [3.05, 3.63) is 29.5 Å². The monoisotopic (exact) mass is 345 g/mol. The molecule has 2 amide bonds. The van der Waals surface area contributed by atoms with E-state index in [-0.39, 0.29) is 17.7 Å². The number of hydrogen-bond acceptors (Lipinski definition) is 6. The van der Waals surface area contributed by atoms with Gasteiger partial charge in [0.1, 0.15) is 0 Å². The molecule has 3 heterocycles. The molecular formula is C16H19N5O2S. The number of aromatic nitrogens is 3. The van der Waals surface area contributed by atoms with Gasteiger partial charge in [0.25, 0.3) is 0 Å². The minimum absolute atomic E-state index is 0.0218. The van der Waals surface area contributed by atoms with E-state index in [2.05, 4.69) is 20.3 Å². The minimum Gasteiger partial charge on any atom is -0.350 e. The Hall–Kier alpha value is -2.35. The standard InChI is InChI=1S/C16H19N5O2S/c1-11(22)21-7-2-4-12(9-21)15(23)19-8-13-10-24-16(20-13)14-17-5-3-6-18-14/h3,5-6,10,12H,2,4,7-9H2,1H3,(H,19,23)/t12-/m1/s1. The molecule has 126 valence electrons. The molecule has 1 atom stereocenters. The fraction of sp³-hybridized carbons (Fsp3) is 0.438. The molecule has 1 aliphatic rings. The zero-order valence-electron chi connectivity index (χ0n) is 13.4. The molecule has 0 unspecified atom stereocenters. The fourth-order valence-corrected chi connectivity index (χ4v) is 3.46.